The summed E-state index contributed by atoms with van der Waals surface area (Å²) in [5.74, 6) is 1.53. The van der Waals surface area contributed by atoms with Crippen LogP contribution in [0, 0.1) is 17.8 Å². The van der Waals surface area contributed by atoms with E-state index in [0.717, 1.165) is 6.42 Å². The van der Waals surface area contributed by atoms with Crippen molar-refractivity contribution in [1.29, 1.82) is 0 Å². The lowest BCUT2D eigenvalue weighted by molar-refractivity contribution is -0.126. The van der Waals surface area contributed by atoms with Crippen LogP contribution in [0.1, 0.15) is 56.4 Å². The molecule has 1 aromatic rings. The van der Waals surface area contributed by atoms with Gasteiger partial charge >= 0.3 is 0 Å². The Bertz CT molecular complexity index is 523. The number of hydrogen-bond donors (Lipinski definition) is 1. The van der Waals surface area contributed by atoms with Gasteiger partial charge in [-0.05, 0) is 41.2 Å². The van der Waals surface area contributed by atoms with Crippen LogP contribution in [0.4, 0.5) is 0 Å². The molecule has 0 aromatic heterocycles. The van der Waals surface area contributed by atoms with Crippen molar-refractivity contribution >= 4 is 17.7 Å². The lowest BCUT2D eigenvalue weighted by Gasteiger charge is -2.19. The van der Waals surface area contributed by atoms with E-state index in [-0.39, 0.29) is 11.8 Å². The summed E-state index contributed by atoms with van der Waals surface area (Å²) < 4.78 is 0. The molecular weight excluding hydrogens is 302 g/mol. The molecule has 1 aliphatic carbocycles. The first-order valence-corrected chi connectivity index (χ1v) is 9.60. The van der Waals surface area contributed by atoms with E-state index in [1.165, 1.54) is 24.0 Å². The summed E-state index contributed by atoms with van der Waals surface area (Å²) in [6.07, 6.45) is 3.41. The quantitative estimate of drug-likeness (QED) is 0.733. The van der Waals surface area contributed by atoms with Gasteiger partial charge in [-0.1, -0.05) is 58.0 Å². The molecule has 1 saturated carbocycles. The maximum atomic E-state index is 12.3. The van der Waals surface area contributed by atoms with Crippen molar-refractivity contribution in [3.05, 3.63) is 47.4 Å². The Morgan fingerprint density at radius 1 is 1.35 bits per heavy atom. The third-order valence-electron chi connectivity index (χ3n) is 4.82. The number of benzene rings is 1. The van der Waals surface area contributed by atoms with Crippen LogP contribution in [0.3, 0.4) is 0 Å². The third kappa shape index (κ3) is 4.87. The van der Waals surface area contributed by atoms with E-state index in [1.54, 1.807) is 11.8 Å². The molecule has 1 aromatic carbocycles. The molecule has 2 nitrogen and oxygen atoms in total. The molecule has 1 N–H and O–H groups in total. The number of rotatable bonds is 7. The summed E-state index contributed by atoms with van der Waals surface area (Å²) >= 11 is 1.77. The normalized spacial score (nSPS) is 22.1. The van der Waals surface area contributed by atoms with E-state index in [1.807, 2.05) is 5.41 Å². The van der Waals surface area contributed by atoms with Gasteiger partial charge in [-0.2, -0.15) is 0 Å². The minimum absolute atomic E-state index is 0.212. The zero-order valence-electron chi connectivity index (χ0n) is 14.5. The Morgan fingerprint density at radius 2 is 2.04 bits per heavy atom. The highest BCUT2D eigenvalue weighted by atomic mass is 32.2. The van der Waals surface area contributed by atoms with Crippen molar-refractivity contribution in [1.82, 2.24) is 5.32 Å². The summed E-state index contributed by atoms with van der Waals surface area (Å²) in [6.45, 7) is 11.1. The Labute approximate surface area is 145 Å². The van der Waals surface area contributed by atoms with Crippen LogP contribution in [-0.4, -0.2) is 5.91 Å². The molecule has 0 bridgehead atoms. The number of amides is 1. The summed E-state index contributed by atoms with van der Waals surface area (Å²) in [4.78, 5) is 12.3. The fourth-order valence-electron chi connectivity index (χ4n) is 3.40. The van der Waals surface area contributed by atoms with Crippen LogP contribution in [0.25, 0.3) is 0 Å². The molecule has 0 heterocycles. The predicted molar refractivity (Wildman–Crippen MR) is 100 cm³/mol. The molecule has 3 unspecified atom stereocenters. The van der Waals surface area contributed by atoms with Crippen LogP contribution in [-0.2, 0) is 11.3 Å². The van der Waals surface area contributed by atoms with Gasteiger partial charge in [-0.15, -0.1) is 11.8 Å². The highest BCUT2D eigenvalue weighted by molar-refractivity contribution is 8.02. The number of carbonyl (C=O) groups excluding carboxylic acids is 1. The smallest absolute Gasteiger partial charge is 0.223 e. The molecule has 3 heteroatoms. The summed E-state index contributed by atoms with van der Waals surface area (Å²) in [7, 11) is 0. The standard InChI is InChI=1S/C20H29NOS/c1-5-23-19(14(2)3)17-11-9-16(10-12-17)13-21-20(22)18-8-6-7-15(18)4/h5,9-12,14-15,18-19H,1,6-8,13H2,2-4H3,(H,21,22). The summed E-state index contributed by atoms with van der Waals surface area (Å²) in [5, 5.41) is 5.47. The molecule has 23 heavy (non-hydrogen) atoms. The molecule has 126 valence electrons. The van der Waals surface area contributed by atoms with Gasteiger partial charge in [-0.25, -0.2) is 0 Å². The van der Waals surface area contributed by atoms with Crippen molar-refractivity contribution in [2.75, 3.05) is 0 Å². The monoisotopic (exact) mass is 331 g/mol. The van der Waals surface area contributed by atoms with Crippen molar-refractivity contribution < 1.29 is 4.79 Å². The van der Waals surface area contributed by atoms with E-state index in [9.17, 15) is 4.79 Å². The van der Waals surface area contributed by atoms with Crippen LogP contribution in [0.2, 0.25) is 0 Å². The van der Waals surface area contributed by atoms with E-state index < -0.39 is 0 Å². The van der Waals surface area contributed by atoms with Crippen molar-refractivity contribution in [3.63, 3.8) is 0 Å². The predicted octanol–water partition coefficient (Wildman–Crippen LogP) is 5.31. The number of thioether (sulfide) groups is 1. The topological polar surface area (TPSA) is 29.1 Å². The van der Waals surface area contributed by atoms with Crippen LogP contribution >= 0.6 is 11.8 Å². The lowest BCUT2D eigenvalue weighted by Crippen LogP contribution is -2.31. The number of hydrogen-bond acceptors (Lipinski definition) is 2. The first kappa shape index (κ1) is 18.1. The average Bonchev–Trinajstić information content (AvgIpc) is 2.97. The molecule has 3 atom stereocenters. The zero-order valence-corrected chi connectivity index (χ0v) is 15.4. The van der Waals surface area contributed by atoms with Gasteiger partial charge in [0.2, 0.25) is 5.91 Å². The maximum Gasteiger partial charge on any atom is 0.223 e. The van der Waals surface area contributed by atoms with E-state index in [2.05, 4.69) is 56.9 Å². The van der Waals surface area contributed by atoms with Crippen molar-refractivity contribution in [2.45, 2.75) is 51.8 Å². The van der Waals surface area contributed by atoms with Gasteiger partial charge < -0.3 is 5.32 Å². The SMILES string of the molecule is C=CSC(c1ccc(CNC(=O)C2CCCC2C)cc1)C(C)C. The zero-order chi connectivity index (χ0) is 16.8. The maximum absolute atomic E-state index is 12.3. The van der Waals surface area contributed by atoms with Crippen LogP contribution < -0.4 is 5.32 Å². The highest BCUT2D eigenvalue weighted by Crippen LogP contribution is 2.36. The fourth-order valence-corrected chi connectivity index (χ4v) is 4.24. The molecule has 0 spiro atoms. The third-order valence-corrected chi connectivity index (χ3v) is 6.12. The molecule has 1 aliphatic rings. The summed E-state index contributed by atoms with van der Waals surface area (Å²) in [5.41, 5.74) is 2.49. The van der Waals surface area contributed by atoms with E-state index in [0.29, 0.717) is 23.6 Å². The van der Waals surface area contributed by atoms with Gasteiger partial charge in [0.15, 0.2) is 0 Å². The van der Waals surface area contributed by atoms with E-state index in [4.69, 9.17) is 0 Å². The van der Waals surface area contributed by atoms with Crippen molar-refractivity contribution in [3.8, 4) is 0 Å². The highest BCUT2D eigenvalue weighted by Gasteiger charge is 2.29. The second kappa shape index (κ2) is 8.58. The Hall–Kier alpha value is -1.22. The molecular formula is C20H29NOS. The van der Waals surface area contributed by atoms with Gasteiger partial charge in [0.05, 0.1) is 0 Å². The second-order valence-corrected chi connectivity index (χ2v) is 8.05. The lowest BCUT2D eigenvalue weighted by atomic mass is 9.97. The number of carbonyl (C=O) groups is 1. The first-order chi connectivity index (χ1) is 11.0. The molecule has 2 rings (SSSR count). The average molecular weight is 332 g/mol. The molecule has 1 fully saturated rings. The minimum atomic E-state index is 0.212. The van der Waals surface area contributed by atoms with Crippen LogP contribution in [0.5, 0.6) is 0 Å². The Morgan fingerprint density at radius 3 is 2.57 bits per heavy atom. The number of nitrogens with one attached hydrogen (secondary N) is 1. The first-order valence-electron chi connectivity index (χ1n) is 8.65. The van der Waals surface area contributed by atoms with Crippen molar-refractivity contribution in [2.24, 2.45) is 17.8 Å². The Balaban J connectivity index is 1.92. The largest absolute Gasteiger partial charge is 0.352 e. The fraction of sp³-hybridized carbons (Fsp3) is 0.550. The second-order valence-electron chi connectivity index (χ2n) is 6.94. The van der Waals surface area contributed by atoms with Gasteiger partial charge in [0.1, 0.15) is 0 Å². The summed E-state index contributed by atoms with van der Waals surface area (Å²) in [6, 6.07) is 8.63. The van der Waals surface area contributed by atoms with Crippen LogP contribution in [0.15, 0.2) is 36.3 Å². The Kier molecular flexibility index (Phi) is 6.76. The molecule has 1 amide bonds. The van der Waals surface area contributed by atoms with E-state index >= 15 is 0 Å². The van der Waals surface area contributed by atoms with Gasteiger partial charge in [0.25, 0.3) is 0 Å². The molecule has 0 radical (unpaired) electrons. The molecule has 0 aliphatic heterocycles. The molecule has 0 saturated heterocycles. The minimum Gasteiger partial charge on any atom is -0.352 e. The van der Waals surface area contributed by atoms with Gasteiger partial charge in [0, 0.05) is 17.7 Å². The van der Waals surface area contributed by atoms with Gasteiger partial charge in [-0.3, -0.25) is 4.79 Å².